The third-order valence-electron chi connectivity index (χ3n) is 2.83. The Morgan fingerprint density at radius 2 is 1.81 bits per heavy atom. The number of nitrogens with one attached hydrogen (secondary N) is 1. The molecule has 2 aromatic rings. The second-order valence-corrected chi connectivity index (χ2v) is 6.49. The summed E-state index contributed by atoms with van der Waals surface area (Å²) in [5.41, 5.74) is -2.82. The number of thioether (sulfide) groups is 1. The molecule has 1 N–H and O–H groups in total. The van der Waals surface area contributed by atoms with Crippen LogP contribution in [0.4, 0.5) is 18.9 Å². The predicted molar refractivity (Wildman–Crippen MR) is 84.5 cm³/mol. The number of anilines is 1. The second-order valence-electron chi connectivity index (χ2n) is 4.46. The summed E-state index contributed by atoms with van der Waals surface area (Å²) in [6.45, 7) is 1.91. The molecule has 0 amide bonds. The van der Waals surface area contributed by atoms with Crippen molar-refractivity contribution < 1.29 is 13.2 Å². The summed E-state index contributed by atoms with van der Waals surface area (Å²) < 4.78 is 38.6. The minimum Gasteiger partial charge on any atom is -0.378 e. The van der Waals surface area contributed by atoms with Gasteiger partial charge in [0.2, 0.25) is 0 Å². The largest absolute Gasteiger partial charge is 0.446 e. The van der Waals surface area contributed by atoms with Gasteiger partial charge in [-0.2, -0.15) is 13.2 Å². The summed E-state index contributed by atoms with van der Waals surface area (Å²) in [5.74, 6) is 0. The molecule has 112 valence electrons. The number of rotatable bonds is 4. The quantitative estimate of drug-likeness (QED) is 0.635. The molecule has 6 heteroatoms. The van der Waals surface area contributed by atoms with Crippen LogP contribution < -0.4 is 5.32 Å². The lowest BCUT2D eigenvalue weighted by molar-refractivity contribution is -0.0327. The lowest BCUT2D eigenvalue weighted by Gasteiger charge is -2.19. The normalized spacial score (nSPS) is 13.0. The van der Waals surface area contributed by atoms with Gasteiger partial charge in [-0.3, -0.25) is 0 Å². The summed E-state index contributed by atoms with van der Waals surface area (Å²) in [7, 11) is 0. The van der Waals surface area contributed by atoms with Crippen LogP contribution in [0.1, 0.15) is 18.5 Å². The molecule has 21 heavy (non-hydrogen) atoms. The number of benzene rings is 2. The van der Waals surface area contributed by atoms with Crippen LogP contribution in [0, 0.1) is 0 Å². The molecular formula is C15H13BrF3NS. The topological polar surface area (TPSA) is 12.0 Å². The summed E-state index contributed by atoms with van der Waals surface area (Å²) in [4.78, 5) is 0.173. The molecular weight excluding hydrogens is 363 g/mol. The highest BCUT2D eigenvalue weighted by molar-refractivity contribution is 9.10. The van der Waals surface area contributed by atoms with Gasteiger partial charge in [0.05, 0.1) is 0 Å². The molecule has 0 aromatic heterocycles. The minimum atomic E-state index is -4.29. The van der Waals surface area contributed by atoms with E-state index in [4.69, 9.17) is 0 Å². The molecule has 0 saturated heterocycles. The summed E-state index contributed by atoms with van der Waals surface area (Å²) in [6, 6.07) is 14.0. The van der Waals surface area contributed by atoms with Gasteiger partial charge in [-0.15, -0.1) is 0 Å². The Kier molecular flexibility index (Phi) is 5.22. The van der Waals surface area contributed by atoms with Crippen molar-refractivity contribution in [2.24, 2.45) is 0 Å². The van der Waals surface area contributed by atoms with E-state index in [1.54, 1.807) is 18.2 Å². The van der Waals surface area contributed by atoms with Crippen molar-refractivity contribution in [3.8, 4) is 0 Å². The Balaban J connectivity index is 2.19. The zero-order chi connectivity index (χ0) is 15.5. The third-order valence-corrected chi connectivity index (χ3v) is 4.13. The molecule has 0 aliphatic rings. The Hall–Kier alpha value is -1.14. The maximum absolute atomic E-state index is 12.6. The Bertz CT molecular complexity index is 616. The molecule has 2 aromatic carbocycles. The van der Waals surface area contributed by atoms with Gasteiger partial charge < -0.3 is 5.32 Å². The first-order valence-electron chi connectivity index (χ1n) is 6.22. The number of alkyl halides is 3. The molecule has 0 aliphatic heterocycles. The van der Waals surface area contributed by atoms with E-state index in [1.807, 2.05) is 31.2 Å². The van der Waals surface area contributed by atoms with Crippen molar-refractivity contribution in [2.75, 3.05) is 5.32 Å². The summed E-state index contributed by atoms with van der Waals surface area (Å²) in [6.07, 6.45) is 0. The minimum absolute atomic E-state index is 0.0996. The van der Waals surface area contributed by atoms with E-state index >= 15 is 0 Å². The highest BCUT2D eigenvalue weighted by atomic mass is 79.9. The van der Waals surface area contributed by atoms with Gasteiger partial charge in [-0.1, -0.05) is 40.2 Å². The maximum atomic E-state index is 12.6. The van der Waals surface area contributed by atoms with Crippen molar-refractivity contribution in [1.29, 1.82) is 0 Å². The van der Waals surface area contributed by atoms with E-state index in [-0.39, 0.29) is 22.7 Å². The van der Waals surface area contributed by atoms with Gasteiger partial charge in [0, 0.05) is 21.1 Å². The molecule has 1 atom stereocenters. The molecule has 0 spiro atoms. The van der Waals surface area contributed by atoms with E-state index in [2.05, 4.69) is 21.2 Å². The standard InChI is InChI=1S/C15H13BrF3NS/c1-10(11-5-4-6-12(16)9-11)20-13-7-2-3-8-14(13)21-15(17,18)19/h2-10,20H,1H3. The number of hydrogen-bond donors (Lipinski definition) is 1. The number of hydrogen-bond acceptors (Lipinski definition) is 2. The van der Waals surface area contributed by atoms with Crippen LogP contribution in [0.3, 0.4) is 0 Å². The first-order chi connectivity index (χ1) is 9.85. The van der Waals surface area contributed by atoms with Crippen molar-refractivity contribution in [2.45, 2.75) is 23.4 Å². The van der Waals surface area contributed by atoms with E-state index in [1.165, 1.54) is 6.07 Å². The van der Waals surface area contributed by atoms with E-state index in [9.17, 15) is 13.2 Å². The average Bonchev–Trinajstić information content (AvgIpc) is 2.39. The number of halogens is 4. The second kappa shape index (κ2) is 6.75. The number of para-hydroxylation sites is 1. The molecule has 1 nitrogen and oxygen atoms in total. The Morgan fingerprint density at radius 1 is 1.10 bits per heavy atom. The van der Waals surface area contributed by atoms with E-state index in [0.717, 1.165) is 10.0 Å². The van der Waals surface area contributed by atoms with Crippen molar-refractivity contribution in [1.82, 2.24) is 0 Å². The Labute approximate surface area is 134 Å². The van der Waals surface area contributed by atoms with Gasteiger partial charge in [0.25, 0.3) is 0 Å². The van der Waals surface area contributed by atoms with Crippen LogP contribution >= 0.6 is 27.7 Å². The van der Waals surface area contributed by atoms with Crippen LogP contribution in [0.2, 0.25) is 0 Å². The lowest BCUT2D eigenvalue weighted by Crippen LogP contribution is -2.08. The van der Waals surface area contributed by atoms with Crippen molar-refractivity contribution >= 4 is 33.4 Å². The van der Waals surface area contributed by atoms with Crippen LogP contribution in [-0.4, -0.2) is 5.51 Å². The van der Waals surface area contributed by atoms with Gasteiger partial charge in [0.15, 0.2) is 0 Å². The molecule has 0 radical (unpaired) electrons. The smallest absolute Gasteiger partial charge is 0.378 e. The van der Waals surface area contributed by atoms with E-state index in [0.29, 0.717) is 5.69 Å². The average molecular weight is 376 g/mol. The van der Waals surface area contributed by atoms with Crippen LogP contribution in [-0.2, 0) is 0 Å². The molecule has 0 bridgehead atoms. The third kappa shape index (κ3) is 4.97. The zero-order valence-corrected chi connectivity index (χ0v) is 13.5. The molecule has 1 unspecified atom stereocenters. The maximum Gasteiger partial charge on any atom is 0.446 e. The molecule has 2 rings (SSSR count). The predicted octanol–water partition coefficient (Wildman–Crippen LogP) is 6.23. The fourth-order valence-electron chi connectivity index (χ4n) is 1.89. The molecule has 0 heterocycles. The summed E-state index contributed by atoms with van der Waals surface area (Å²) in [5, 5.41) is 3.13. The fraction of sp³-hybridized carbons (Fsp3) is 0.200. The van der Waals surface area contributed by atoms with E-state index < -0.39 is 5.51 Å². The van der Waals surface area contributed by atoms with Crippen LogP contribution in [0.25, 0.3) is 0 Å². The van der Waals surface area contributed by atoms with Crippen LogP contribution in [0.15, 0.2) is 57.9 Å². The van der Waals surface area contributed by atoms with Crippen molar-refractivity contribution in [3.63, 3.8) is 0 Å². The monoisotopic (exact) mass is 375 g/mol. The first kappa shape index (κ1) is 16.2. The molecule has 0 fully saturated rings. The first-order valence-corrected chi connectivity index (χ1v) is 7.83. The highest BCUT2D eigenvalue weighted by Gasteiger charge is 2.30. The van der Waals surface area contributed by atoms with Gasteiger partial charge >= 0.3 is 5.51 Å². The fourth-order valence-corrected chi connectivity index (χ4v) is 2.94. The lowest BCUT2D eigenvalue weighted by atomic mass is 10.1. The van der Waals surface area contributed by atoms with Crippen LogP contribution in [0.5, 0.6) is 0 Å². The van der Waals surface area contributed by atoms with Gasteiger partial charge in [-0.05, 0) is 48.5 Å². The Morgan fingerprint density at radius 3 is 2.48 bits per heavy atom. The highest BCUT2D eigenvalue weighted by Crippen LogP contribution is 2.41. The van der Waals surface area contributed by atoms with Crippen molar-refractivity contribution in [3.05, 3.63) is 58.6 Å². The van der Waals surface area contributed by atoms with Gasteiger partial charge in [0.1, 0.15) is 0 Å². The molecule has 0 saturated carbocycles. The molecule has 0 aliphatic carbocycles. The van der Waals surface area contributed by atoms with Gasteiger partial charge in [-0.25, -0.2) is 0 Å². The summed E-state index contributed by atoms with van der Waals surface area (Å²) >= 11 is 3.29. The SMILES string of the molecule is CC(Nc1ccccc1SC(F)(F)F)c1cccc(Br)c1. The zero-order valence-electron chi connectivity index (χ0n) is 11.1.